The fourth-order valence-corrected chi connectivity index (χ4v) is 2.84. The van der Waals surface area contributed by atoms with Crippen LogP contribution in [0.3, 0.4) is 0 Å². The molecule has 1 N–H and O–H groups in total. The third-order valence-electron chi connectivity index (χ3n) is 2.86. The number of alkyl halides is 3. The first-order valence-corrected chi connectivity index (χ1v) is 7.52. The minimum atomic E-state index is -4.51. The first-order chi connectivity index (χ1) is 9.82. The molecule has 0 atom stereocenters. The Labute approximate surface area is 129 Å². The van der Waals surface area contributed by atoms with Crippen LogP contribution in [-0.2, 0) is 6.18 Å². The van der Waals surface area contributed by atoms with Crippen molar-refractivity contribution in [2.75, 3.05) is 5.75 Å². The number of hydrogen-bond acceptors (Lipinski definition) is 2. The maximum Gasteiger partial charge on any atom is 0.417 e. The molecule has 0 aliphatic heterocycles. The summed E-state index contributed by atoms with van der Waals surface area (Å²) in [7, 11) is 0. The van der Waals surface area contributed by atoms with Gasteiger partial charge >= 0.3 is 6.18 Å². The lowest BCUT2D eigenvalue weighted by Gasteiger charge is -2.15. The van der Waals surface area contributed by atoms with E-state index in [9.17, 15) is 18.3 Å². The van der Waals surface area contributed by atoms with Gasteiger partial charge < -0.3 is 5.11 Å². The Morgan fingerprint density at radius 2 is 1.81 bits per heavy atom. The van der Waals surface area contributed by atoms with Crippen molar-refractivity contribution < 1.29 is 18.3 Å². The number of halogens is 4. The van der Waals surface area contributed by atoms with E-state index < -0.39 is 11.7 Å². The molecular formula is C15H12ClF3OS. The Balaban J connectivity index is 2.65. The Kier molecular flexibility index (Phi) is 4.74. The zero-order chi connectivity index (χ0) is 15.6. The van der Waals surface area contributed by atoms with Gasteiger partial charge in [0.05, 0.1) is 5.56 Å². The number of benzene rings is 2. The maximum absolute atomic E-state index is 13.3. The summed E-state index contributed by atoms with van der Waals surface area (Å²) in [4.78, 5) is 0.537. The fraction of sp³-hybridized carbons (Fsp3) is 0.200. The zero-order valence-electron chi connectivity index (χ0n) is 11.0. The van der Waals surface area contributed by atoms with Crippen LogP contribution in [0.1, 0.15) is 12.5 Å². The summed E-state index contributed by atoms with van der Waals surface area (Å²) < 4.78 is 39.8. The molecule has 1 nitrogen and oxygen atoms in total. The second-order valence-corrected chi connectivity index (χ2v) is 6.07. The highest BCUT2D eigenvalue weighted by molar-refractivity contribution is 7.99. The molecule has 2 aromatic rings. The summed E-state index contributed by atoms with van der Waals surface area (Å²) >= 11 is 7.15. The molecule has 0 spiro atoms. The largest absolute Gasteiger partial charge is 0.507 e. The van der Waals surface area contributed by atoms with Gasteiger partial charge in [-0.05, 0) is 41.6 Å². The predicted molar refractivity (Wildman–Crippen MR) is 80.0 cm³/mol. The van der Waals surface area contributed by atoms with Crippen LogP contribution in [0.15, 0.2) is 41.3 Å². The number of rotatable bonds is 3. The number of thioether (sulfide) groups is 1. The predicted octanol–water partition coefficient (Wildman–Crippen LogP) is 5.84. The summed E-state index contributed by atoms with van der Waals surface area (Å²) in [5.41, 5.74) is -0.788. The summed E-state index contributed by atoms with van der Waals surface area (Å²) in [6, 6.07) is 8.12. The van der Waals surface area contributed by atoms with Gasteiger partial charge in [0.15, 0.2) is 0 Å². The average molecular weight is 333 g/mol. The minimum Gasteiger partial charge on any atom is -0.507 e. The van der Waals surface area contributed by atoms with Crippen molar-refractivity contribution in [2.24, 2.45) is 0 Å². The van der Waals surface area contributed by atoms with Crippen molar-refractivity contribution in [1.82, 2.24) is 0 Å². The Bertz CT molecular complexity index is 656. The summed E-state index contributed by atoms with van der Waals surface area (Å²) in [6.07, 6.45) is -4.51. The summed E-state index contributed by atoms with van der Waals surface area (Å²) in [5.74, 6) is 0.444. The van der Waals surface area contributed by atoms with Crippen molar-refractivity contribution >= 4 is 23.4 Å². The van der Waals surface area contributed by atoms with Gasteiger partial charge in [0.25, 0.3) is 0 Å². The Morgan fingerprint density at radius 1 is 1.10 bits per heavy atom. The van der Waals surface area contributed by atoms with Crippen molar-refractivity contribution in [2.45, 2.75) is 18.0 Å². The molecule has 0 unspecified atom stereocenters. The van der Waals surface area contributed by atoms with Crippen molar-refractivity contribution in [3.8, 4) is 16.9 Å². The van der Waals surface area contributed by atoms with Crippen LogP contribution in [0.25, 0.3) is 11.1 Å². The van der Waals surface area contributed by atoms with E-state index in [2.05, 4.69) is 0 Å². The summed E-state index contributed by atoms with van der Waals surface area (Å²) in [6.45, 7) is 1.87. The maximum atomic E-state index is 13.3. The molecule has 0 heterocycles. The average Bonchev–Trinajstić information content (AvgIpc) is 2.41. The van der Waals surface area contributed by atoms with Crippen LogP contribution in [-0.4, -0.2) is 10.9 Å². The molecule has 0 amide bonds. The van der Waals surface area contributed by atoms with Gasteiger partial charge in [-0.15, -0.1) is 11.8 Å². The van der Waals surface area contributed by atoms with Gasteiger partial charge in [0.1, 0.15) is 5.75 Å². The van der Waals surface area contributed by atoms with Gasteiger partial charge in [0, 0.05) is 15.5 Å². The minimum absolute atomic E-state index is 0.0721. The molecule has 0 saturated carbocycles. The van der Waals surface area contributed by atoms with Crippen molar-refractivity contribution in [3.63, 3.8) is 0 Å². The van der Waals surface area contributed by atoms with Crippen molar-refractivity contribution in [3.05, 3.63) is 47.0 Å². The molecule has 0 bridgehead atoms. The highest BCUT2D eigenvalue weighted by Gasteiger charge is 2.34. The highest BCUT2D eigenvalue weighted by atomic mass is 35.5. The third kappa shape index (κ3) is 3.66. The molecule has 0 fully saturated rings. The Hall–Kier alpha value is -1.33. The molecule has 21 heavy (non-hydrogen) atoms. The van der Waals surface area contributed by atoms with E-state index in [-0.39, 0.29) is 21.9 Å². The van der Waals surface area contributed by atoms with Crippen LogP contribution in [0.2, 0.25) is 5.02 Å². The van der Waals surface area contributed by atoms with Gasteiger partial charge in [-0.2, -0.15) is 13.2 Å². The first kappa shape index (κ1) is 16.0. The number of phenolic OH excluding ortho intramolecular Hbond substituents is 1. The quantitative estimate of drug-likeness (QED) is 0.712. The lowest BCUT2D eigenvalue weighted by Crippen LogP contribution is -2.07. The van der Waals surface area contributed by atoms with Crippen LogP contribution in [0, 0.1) is 0 Å². The van der Waals surface area contributed by atoms with Crippen LogP contribution < -0.4 is 0 Å². The topological polar surface area (TPSA) is 20.2 Å². The molecule has 6 heteroatoms. The van der Waals surface area contributed by atoms with Crippen molar-refractivity contribution in [1.29, 1.82) is 0 Å². The number of phenols is 1. The molecule has 112 valence electrons. The molecule has 0 radical (unpaired) electrons. The third-order valence-corrected chi connectivity index (χ3v) is 3.97. The van der Waals surface area contributed by atoms with E-state index in [1.807, 2.05) is 6.92 Å². The van der Waals surface area contributed by atoms with E-state index in [1.54, 1.807) is 6.07 Å². The standard InChI is InChI=1S/C15H12ClF3OS/c1-2-21-10-4-5-11(13(8-10)15(17,18)19)12-7-9(16)3-6-14(12)20/h3-8,20H,2H2,1H3. The summed E-state index contributed by atoms with van der Waals surface area (Å²) in [5, 5.41) is 10.1. The smallest absolute Gasteiger partial charge is 0.417 e. The van der Waals surface area contributed by atoms with Gasteiger partial charge in [-0.1, -0.05) is 24.6 Å². The van der Waals surface area contributed by atoms with E-state index >= 15 is 0 Å². The molecular weight excluding hydrogens is 321 g/mol. The first-order valence-electron chi connectivity index (χ1n) is 6.16. The molecule has 2 rings (SSSR count). The van der Waals surface area contributed by atoms with E-state index in [4.69, 9.17) is 11.6 Å². The van der Waals surface area contributed by atoms with Gasteiger partial charge in [0.2, 0.25) is 0 Å². The second-order valence-electron chi connectivity index (χ2n) is 4.30. The van der Waals surface area contributed by atoms with E-state index in [0.29, 0.717) is 10.6 Å². The number of aromatic hydroxyl groups is 1. The van der Waals surface area contributed by atoms with Gasteiger partial charge in [-0.3, -0.25) is 0 Å². The van der Waals surface area contributed by atoms with Gasteiger partial charge in [-0.25, -0.2) is 0 Å². The molecule has 0 aliphatic rings. The number of hydrogen-bond donors (Lipinski definition) is 1. The fourth-order valence-electron chi connectivity index (χ4n) is 1.97. The van der Waals surface area contributed by atoms with E-state index in [0.717, 1.165) is 6.07 Å². The van der Waals surface area contributed by atoms with Crippen LogP contribution in [0.5, 0.6) is 5.75 Å². The SMILES string of the molecule is CCSc1ccc(-c2cc(Cl)ccc2O)c(C(F)(F)F)c1. The second kappa shape index (κ2) is 6.20. The van der Waals surface area contributed by atoms with Crippen LogP contribution in [0.4, 0.5) is 13.2 Å². The lowest BCUT2D eigenvalue weighted by atomic mass is 9.98. The lowest BCUT2D eigenvalue weighted by molar-refractivity contribution is -0.137. The Morgan fingerprint density at radius 3 is 2.43 bits per heavy atom. The van der Waals surface area contributed by atoms with Crippen LogP contribution >= 0.6 is 23.4 Å². The molecule has 0 aromatic heterocycles. The molecule has 0 aliphatic carbocycles. The monoisotopic (exact) mass is 332 g/mol. The van der Waals surface area contributed by atoms with E-state index in [1.165, 1.54) is 36.0 Å². The molecule has 0 saturated heterocycles. The molecule has 2 aromatic carbocycles. The highest BCUT2D eigenvalue weighted by Crippen LogP contribution is 2.42. The normalized spacial score (nSPS) is 11.7. The zero-order valence-corrected chi connectivity index (χ0v) is 12.6.